The molecule has 0 N–H and O–H groups in total. The Morgan fingerprint density at radius 3 is 2.44 bits per heavy atom. The van der Waals surface area contributed by atoms with Crippen LogP contribution in [-0.2, 0) is 9.53 Å². The minimum Gasteiger partial charge on any atom is -0.478 e. The van der Waals surface area contributed by atoms with Crippen molar-refractivity contribution >= 4 is 35.2 Å². The number of hydrogen-bond donors (Lipinski definition) is 0. The molecule has 2 amide bonds. The van der Waals surface area contributed by atoms with Crippen molar-refractivity contribution in [2.45, 2.75) is 51.6 Å². The summed E-state index contributed by atoms with van der Waals surface area (Å²) in [4.78, 5) is 33.8. The van der Waals surface area contributed by atoms with Gasteiger partial charge in [-0.05, 0) is 69.7 Å². The van der Waals surface area contributed by atoms with Gasteiger partial charge in [0.1, 0.15) is 11.7 Å². The predicted molar refractivity (Wildman–Crippen MR) is 149 cm³/mol. The number of benzene rings is 1. The van der Waals surface area contributed by atoms with Gasteiger partial charge in [0.15, 0.2) is 0 Å². The fourth-order valence-electron chi connectivity index (χ4n) is 5.20. The number of rotatable bonds is 6. The van der Waals surface area contributed by atoms with E-state index in [2.05, 4.69) is 4.98 Å². The molecule has 0 bridgehead atoms. The number of pyridine rings is 1. The summed E-state index contributed by atoms with van der Waals surface area (Å²) in [5.74, 6) is 0.703. The van der Waals surface area contributed by atoms with Crippen molar-refractivity contribution in [1.82, 2.24) is 14.8 Å². The van der Waals surface area contributed by atoms with E-state index in [9.17, 15) is 9.59 Å². The molecular weight excluding hydrogens is 539 g/mol. The zero-order valence-corrected chi connectivity index (χ0v) is 24.0. The van der Waals surface area contributed by atoms with E-state index in [-0.39, 0.29) is 29.8 Å². The first kappa shape index (κ1) is 29.0. The highest BCUT2D eigenvalue weighted by Gasteiger charge is 2.39. The van der Waals surface area contributed by atoms with Crippen molar-refractivity contribution in [3.8, 4) is 11.9 Å². The highest BCUT2D eigenvalue weighted by atomic mass is 35.5. The molecule has 0 saturated carbocycles. The minimum absolute atomic E-state index is 0.0862. The Kier molecular flexibility index (Phi) is 9.24. The Bertz CT molecular complexity index is 1220. The van der Waals surface area contributed by atoms with Gasteiger partial charge in [-0.3, -0.25) is 4.79 Å². The normalized spacial score (nSPS) is 20.0. The maximum Gasteiger partial charge on any atom is 0.410 e. The summed E-state index contributed by atoms with van der Waals surface area (Å²) in [5.41, 5.74) is 0.971. The third-order valence-corrected chi connectivity index (χ3v) is 7.96. The van der Waals surface area contributed by atoms with E-state index < -0.39 is 5.60 Å². The Morgan fingerprint density at radius 1 is 1.08 bits per heavy atom. The quantitative estimate of drug-likeness (QED) is 0.426. The Hall–Kier alpha value is -3.02. The van der Waals surface area contributed by atoms with Crippen molar-refractivity contribution in [3.63, 3.8) is 0 Å². The maximum atomic E-state index is 13.6. The molecule has 2 aromatic rings. The summed E-state index contributed by atoms with van der Waals surface area (Å²) in [6, 6.07) is 11.1. The Balaban J connectivity index is 1.39. The molecule has 0 aliphatic carbocycles. The molecule has 3 heterocycles. The summed E-state index contributed by atoms with van der Waals surface area (Å²) in [6.45, 7) is 8.18. The van der Waals surface area contributed by atoms with E-state index in [0.29, 0.717) is 73.5 Å². The molecule has 2 saturated heterocycles. The van der Waals surface area contributed by atoms with Gasteiger partial charge in [-0.15, -0.1) is 0 Å². The van der Waals surface area contributed by atoms with Crippen LogP contribution in [0.5, 0.6) is 5.88 Å². The first-order valence-corrected chi connectivity index (χ1v) is 14.0. The number of nitrogens with zero attached hydrogens (tertiary/aromatic N) is 4. The molecule has 2 aliphatic heterocycles. The minimum atomic E-state index is -0.548. The summed E-state index contributed by atoms with van der Waals surface area (Å²) in [7, 11) is 0. The second kappa shape index (κ2) is 12.4. The van der Waals surface area contributed by atoms with Gasteiger partial charge in [-0.2, -0.15) is 5.26 Å². The van der Waals surface area contributed by atoms with Crippen molar-refractivity contribution < 1.29 is 19.1 Å². The van der Waals surface area contributed by atoms with Gasteiger partial charge in [-0.1, -0.05) is 29.3 Å². The average molecular weight is 574 g/mol. The fraction of sp³-hybridized carbons (Fsp3) is 0.517. The van der Waals surface area contributed by atoms with Crippen LogP contribution in [0.1, 0.15) is 57.1 Å². The second-order valence-electron chi connectivity index (χ2n) is 11.2. The van der Waals surface area contributed by atoms with Gasteiger partial charge in [0, 0.05) is 50.3 Å². The van der Waals surface area contributed by atoms with Crippen LogP contribution in [-0.4, -0.2) is 65.2 Å². The molecule has 0 radical (unpaired) electrons. The third kappa shape index (κ3) is 7.55. The number of piperidine rings is 1. The van der Waals surface area contributed by atoms with Gasteiger partial charge in [0.05, 0.1) is 22.2 Å². The molecule has 0 spiro atoms. The largest absolute Gasteiger partial charge is 0.478 e. The van der Waals surface area contributed by atoms with Gasteiger partial charge in [-0.25, -0.2) is 9.78 Å². The molecule has 208 valence electrons. The first-order valence-electron chi connectivity index (χ1n) is 13.2. The van der Waals surface area contributed by atoms with E-state index in [1.807, 2.05) is 43.9 Å². The van der Waals surface area contributed by atoms with E-state index >= 15 is 0 Å². The molecular formula is C29H34Cl2N4O4. The lowest BCUT2D eigenvalue weighted by Gasteiger charge is -2.34. The molecule has 2 unspecified atom stereocenters. The van der Waals surface area contributed by atoms with Crippen LogP contribution in [0.2, 0.25) is 10.0 Å². The van der Waals surface area contributed by atoms with Crippen molar-refractivity contribution in [2.75, 3.05) is 32.8 Å². The van der Waals surface area contributed by atoms with Crippen LogP contribution < -0.4 is 4.74 Å². The SMILES string of the molecule is CC(C)(C)OC(=O)N1CCC(C(=O)N2CC(CCOc3ccc(C#N)cn3)C(c3ccc(Cl)c(Cl)c3)C2)CC1. The van der Waals surface area contributed by atoms with Crippen molar-refractivity contribution in [1.29, 1.82) is 5.26 Å². The van der Waals surface area contributed by atoms with Crippen LogP contribution in [0.3, 0.4) is 0 Å². The maximum absolute atomic E-state index is 13.6. The van der Waals surface area contributed by atoms with Gasteiger partial charge < -0.3 is 19.3 Å². The number of carbonyl (C=O) groups is 2. The molecule has 4 rings (SSSR count). The van der Waals surface area contributed by atoms with Gasteiger partial charge in [0.2, 0.25) is 11.8 Å². The number of halogens is 2. The number of likely N-dealkylation sites (tertiary alicyclic amines) is 2. The van der Waals surface area contributed by atoms with Crippen LogP contribution in [0.15, 0.2) is 36.5 Å². The van der Waals surface area contributed by atoms with Crippen LogP contribution >= 0.6 is 23.2 Å². The summed E-state index contributed by atoms with van der Waals surface area (Å²) in [6.07, 6.45) is 3.10. The summed E-state index contributed by atoms with van der Waals surface area (Å²) >= 11 is 12.5. The summed E-state index contributed by atoms with van der Waals surface area (Å²) < 4.78 is 11.3. The van der Waals surface area contributed by atoms with E-state index in [1.165, 1.54) is 6.20 Å². The molecule has 1 aromatic heterocycles. The molecule has 2 fully saturated rings. The lowest BCUT2D eigenvalue weighted by molar-refractivity contribution is -0.136. The van der Waals surface area contributed by atoms with E-state index in [4.69, 9.17) is 37.9 Å². The standard InChI is InChI=1S/C29H34Cl2N4O4/c1-29(2,3)39-28(37)34-11-8-20(9-12-34)27(36)35-17-22(10-13-38-26-7-4-19(15-32)16-33-26)23(18-35)21-5-6-24(30)25(31)14-21/h4-7,14,16,20,22-23H,8-13,17-18H2,1-3H3. The van der Waals surface area contributed by atoms with Crippen molar-refractivity contribution in [2.24, 2.45) is 11.8 Å². The highest BCUT2D eigenvalue weighted by molar-refractivity contribution is 6.42. The number of nitriles is 1. The van der Waals surface area contributed by atoms with E-state index in [0.717, 1.165) is 5.56 Å². The lowest BCUT2D eigenvalue weighted by Crippen LogP contribution is -2.45. The Labute approximate surface area is 239 Å². The van der Waals surface area contributed by atoms with Crippen molar-refractivity contribution in [3.05, 3.63) is 57.7 Å². The lowest BCUT2D eigenvalue weighted by atomic mass is 9.87. The first-order chi connectivity index (χ1) is 18.5. The molecule has 1 aromatic carbocycles. The van der Waals surface area contributed by atoms with Gasteiger partial charge >= 0.3 is 6.09 Å². The third-order valence-electron chi connectivity index (χ3n) is 7.22. The van der Waals surface area contributed by atoms with Crippen LogP contribution in [0, 0.1) is 23.2 Å². The van der Waals surface area contributed by atoms with Gasteiger partial charge in [0.25, 0.3) is 0 Å². The summed E-state index contributed by atoms with van der Waals surface area (Å²) in [5, 5.41) is 9.95. The number of amides is 2. The number of hydrogen-bond acceptors (Lipinski definition) is 6. The monoisotopic (exact) mass is 572 g/mol. The fourth-order valence-corrected chi connectivity index (χ4v) is 5.51. The molecule has 2 aliphatic rings. The molecule has 8 nitrogen and oxygen atoms in total. The zero-order chi connectivity index (χ0) is 28.2. The number of ether oxygens (including phenoxy) is 2. The smallest absolute Gasteiger partial charge is 0.410 e. The molecule has 10 heteroatoms. The second-order valence-corrected chi connectivity index (χ2v) is 12.0. The topological polar surface area (TPSA) is 95.8 Å². The zero-order valence-electron chi connectivity index (χ0n) is 22.5. The predicted octanol–water partition coefficient (Wildman–Crippen LogP) is 5.92. The van der Waals surface area contributed by atoms with E-state index in [1.54, 1.807) is 23.1 Å². The van der Waals surface area contributed by atoms with Crippen LogP contribution in [0.25, 0.3) is 0 Å². The molecule has 39 heavy (non-hydrogen) atoms. The average Bonchev–Trinajstić information content (AvgIpc) is 3.33. The Morgan fingerprint density at radius 2 is 1.82 bits per heavy atom. The highest BCUT2D eigenvalue weighted by Crippen LogP contribution is 2.38. The number of aromatic nitrogens is 1. The van der Waals surface area contributed by atoms with Crippen LogP contribution in [0.4, 0.5) is 4.79 Å². The molecule has 2 atom stereocenters. The number of carbonyl (C=O) groups excluding carboxylic acids is 2.